The Bertz CT molecular complexity index is 966. The van der Waals surface area contributed by atoms with E-state index < -0.39 is 16.0 Å². The number of hydrogen-bond acceptors (Lipinski definition) is 4. The molecule has 0 saturated carbocycles. The Morgan fingerprint density at radius 1 is 1.11 bits per heavy atom. The van der Waals surface area contributed by atoms with Crippen LogP contribution in [0.4, 0.5) is 0 Å². The van der Waals surface area contributed by atoms with Gasteiger partial charge in [0.2, 0.25) is 10.0 Å². The molecule has 2 atom stereocenters. The number of nitrogens with zero attached hydrogens (tertiary/aromatic N) is 1. The first-order valence-corrected chi connectivity index (χ1v) is 12.0. The highest BCUT2D eigenvalue weighted by atomic mass is 79.9. The van der Waals surface area contributed by atoms with Gasteiger partial charge in [0, 0.05) is 27.4 Å². The Hall–Kier alpha value is -1.35. The maximum absolute atomic E-state index is 13.1. The van der Waals surface area contributed by atoms with E-state index in [9.17, 15) is 18.3 Å². The number of carbonyl (C=O) groups is 1. The number of aromatic carboxylic acids is 1. The summed E-state index contributed by atoms with van der Waals surface area (Å²) in [6.07, 6.45) is 0.995. The van der Waals surface area contributed by atoms with Crippen molar-refractivity contribution in [2.75, 3.05) is 13.1 Å². The highest BCUT2D eigenvalue weighted by Crippen LogP contribution is 2.34. The molecule has 28 heavy (non-hydrogen) atoms. The highest BCUT2D eigenvalue weighted by Gasteiger charge is 2.32. The van der Waals surface area contributed by atoms with Crippen LogP contribution in [-0.4, -0.2) is 36.9 Å². The number of rotatable bonds is 5. The first-order valence-electron chi connectivity index (χ1n) is 8.97. The molecule has 1 aliphatic heterocycles. The first kappa shape index (κ1) is 21.4. The second-order valence-corrected chi connectivity index (χ2v) is 11.3. The molecule has 1 saturated heterocycles. The molecule has 2 unspecified atom stereocenters. The van der Waals surface area contributed by atoms with Gasteiger partial charge in [-0.1, -0.05) is 41.5 Å². The minimum atomic E-state index is -3.72. The molecule has 0 aromatic heterocycles. The van der Waals surface area contributed by atoms with E-state index in [4.69, 9.17) is 0 Å². The number of piperidine rings is 1. The topological polar surface area (TPSA) is 74.7 Å². The molecule has 1 N–H and O–H groups in total. The molecular weight excluding hydrogens is 462 g/mol. The maximum atomic E-state index is 13.1. The zero-order valence-corrected chi connectivity index (χ0v) is 18.9. The van der Waals surface area contributed by atoms with Crippen LogP contribution in [0.2, 0.25) is 0 Å². The summed E-state index contributed by atoms with van der Waals surface area (Å²) in [5.74, 6) is -0.577. The lowest BCUT2D eigenvalue weighted by Gasteiger charge is -2.34. The second-order valence-electron chi connectivity index (χ2n) is 7.29. The fraction of sp³-hybridized carbons (Fsp3) is 0.350. The van der Waals surface area contributed by atoms with Gasteiger partial charge in [0.15, 0.2) is 0 Å². The number of halogens is 1. The van der Waals surface area contributed by atoms with Gasteiger partial charge >= 0.3 is 5.97 Å². The van der Waals surface area contributed by atoms with Gasteiger partial charge < -0.3 is 5.11 Å². The van der Waals surface area contributed by atoms with Crippen molar-refractivity contribution in [2.24, 2.45) is 11.8 Å². The van der Waals surface area contributed by atoms with Crippen LogP contribution in [0.15, 0.2) is 61.6 Å². The predicted molar refractivity (Wildman–Crippen MR) is 113 cm³/mol. The molecular formula is C20H22BrNO4S2. The minimum Gasteiger partial charge on any atom is -0.478 e. The average Bonchev–Trinajstić information content (AvgIpc) is 2.63. The van der Waals surface area contributed by atoms with Crippen LogP contribution in [-0.2, 0) is 10.0 Å². The van der Waals surface area contributed by atoms with Crippen LogP contribution >= 0.6 is 27.7 Å². The Balaban J connectivity index is 1.93. The molecule has 3 rings (SSSR count). The molecule has 0 spiro atoms. The Kier molecular flexibility index (Phi) is 6.54. The summed E-state index contributed by atoms with van der Waals surface area (Å²) in [6, 6.07) is 11.9. The summed E-state index contributed by atoms with van der Waals surface area (Å²) in [7, 11) is -3.72. The van der Waals surface area contributed by atoms with Gasteiger partial charge in [-0.2, -0.15) is 4.31 Å². The second kappa shape index (κ2) is 8.57. The van der Waals surface area contributed by atoms with Crippen LogP contribution < -0.4 is 0 Å². The van der Waals surface area contributed by atoms with Crippen LogP contribution in [0.3, 0.4) is 0 Å². The molecule has 2 aromatic rings. The fourth-order valence-electron chi connectivity index (χ4n) is 3.51. The van der Waals surface area contributed by atoms with Crippen molar-refractivity contribution < 1.29 is 18.3 Å². The lowest BCUT2D eigenvalue weighted by molar-refractivity contribution is 0.0693. The predicted octanol–water partition coefficient (Wildman–Crippen LogP) is 4.97. The summed E-state index contributed by atoms with van der Waals surface area (Å²) >= 11 is 4.67. The van der Waals surface area contributed by atoms with E-state index in [0.29, 0.717) is 18.0 Å². The molecule has 1 heterocycles. The molecule has 0 bridgehead atoms. The third-order valence-electron chi connectivity index (χ3n) is 4.70. The number of carboxylic acids is 1. The van der Waals surface area contributed by atoms with Crippen molar-refractivity contribution >= 4 is 43.7 Å². The summed E-state index contributed by atoms with van der Waals surface area (Å²) in [5, 5.41) is 9.64. The van der Waals surface area contributed by atoms with Gasteiger partial charge in [0.25, 0.3) is 0 Å². The zero-order chi connectivity index (χ0) is 20.5. The summed E-state index contributed by atoms with van der Waals surface area (Å²) in [5.41, 5.74) is -0.00731. The number of benzene rings is 2. The lowest BCUT2D eigenvalue weighted by Crippen LogP contribution is -2.42. The van der Waals surface area contributed by atoms with E-state index in [2.05, 4.69) is 15.9 Å². The third kappa shape index (κ3) is 4.79. The van der Waals surface area contributed by atoms with Gasteiger partial charge in [-0.3, -0.25) is 0 Å². The van der Waals surface area contributed by atoms with Gasteiger partial charge in [0.1, 0.15) is 0 Å². The average molecular weight is 484 g/mol. The molecule has 150 valence electrons. The Morgan fingerprint density at radius 3 is 2.29 bits per heavy atom. The summed E-state index contributed by atoms with van der Waals surface area (Å²) in [4.78, 5) is 13.2. The maximum Gasteiger partial charge on any atom is 0.336 e. The fourth-order valence-corrected chi connectivity index (χ4v) is 6.40. The van der Waals surface area contributed by atoms with Crippen molar-refractivity contribution in [3.05, 3.63) is 52.5 Å². The smallest absolute Gasteiger partial charge is 0.336 e. The first-order chi connectivity index (χ1) is 13.2. The van der Waals surface area contributed by atoms with E-state index in [0.717, 1.165) is 15.8 Å². The molecule has 1 aliphatic rings. The summed E-state index contributed by atoms with van der Waals surface area (Å²) in [6.45, 7) is 5.01. The molecule has 0 radical (unpaired) electrons. The van der Waals surface area contributed by atoms with Crippen LogP contribution in [0.1, 0.15) is 30.6 Å². The van der Waals surface area contributed by atoms with Crippen LogP contribution in [0.5, 0.6) is 0 Å². The lowest BCUT2D eigenvalue weighted by atomic mass is 9.94. The van der Waals surface area contributed by atoms with E-state index in [1.165, 1.54) is 28.2 Å². The van der Waals surface area contributed by atoms with Crippen LogP contribution in [0.25, 0.3) is 0 Å². The standard InChI is InChI=1S/C20H22BrNO4S2/c1-13-9-14(2)12-22(11-13)28(25,26)17-7-8-19(18(10-17)20(23)24)27-16-5-3-15(21)4-6-16/h3-8,10,13-14H,9,11-12H2,1-2H3,(H,23,24). The van der Waals surface area contributed by atoms with E-state index in [-0.39, 0.29) is 22.3 Å². The molecule has 0 amide bonds. The van der Waals surface area contributed by atoms with Crippen molar-refractivity contribution in [1.29, 1.82) is 0 Å². The zero-order valence-electron chi connectivity index (χ0n) is 15.6. The Morgan fingerprint density at radius 2 is 1.71 bits per heavy atom. The Labute approximate surface area is 178 Å². The van der Waals surface area contributed by atoms with Crippen LogP contribution in [0, 0.1) is 11.8 Å². The SMILES string of the molecule is CC1CC(C)CN(S(=O)(=O)c2ccc(Sc3ccc(Br)cc3)c(C(=O)O)c2)C1. The highest BCUT2D eigenvalue weighted by molar-refractivity contribution is 9.10. The van der Waals surface area contributed by atoms with Gasteiger partial charge in [-0.15, -0.1) is 0 Å². The van der Waals surface area contributed by atoms with E-state index in [1.807, 2.05) is 38.1 Å². The van der Waals surface area contributed by atoms with E-state index >= 15 is 0 Å². The van der Waals surface area contributed by atoms with Crippen molar-refractivity contribution in [2.45, 2.75) is 35.0 Å². The largest absolute Gasteiger partial charge is 0.478 e. The normalized spacial score (nSPS) is 20.8. The molecule has 2 aromatic carbocycles. The number of hydrogen-bond donors (Lipinski definition) is 1. The molecule has 0 aliphatic carbocycles. The molecule has 5 nitrogen and oxygen atoms in total. The monoisotopic (exact) mass is 483 g/mol. The quantitative estimate of drug-likeness (QED) is 0.649. The molecule has 8 heteroatoms. The number of carboxylic acid groups (broad SMARTS) is 1. The van der Waals surface area contributed by atoms with E-state index in [1.54, 1.807) is 6.07 Å². The van der Waals surface area contributed by atoms with Crippen molar-refractivity contribution in [1.82, 2.24) is 4.31 Å². The summed E-state index contributed by atoms with van der Waals surface area (Å²) < 4.78 is 28.6. The minimum absolute atomic E-state index is 0.00731. The molecule has 1 fully saturated rings. The third-order valence-corrected chi connectivity index (χ3v) is 8.14. The van der Waals surface area contributed by atoms with Crippen molar-refractivity contribution in [3.8, 4) is 0 Å². The van der Waals surface area contributed by atoms with Gasteiger partial charge in [-0.25, -0.2) is 13.2 Å². The van der Waals surface area contributed by atoms with Gasteiger partial charge in [-0.05, 0) is 60.7 Å². The number of sulfonamides is 1. The van der Waals surface area contributed by atoms with Gasteiger partial charge in [0.05, 0.1) is 10.5 Å². The van der Waals surface area contributed by atoms with Crippen molar-refractivity contribution in [3.63, 3.8) is 0 Å².